The highest BCUT2D eigenvalue weighted by Gasteiger charge is 2.28. The number of hydrogen-bond donors (Lipinski definition) is 2. The summed E-state index contributed by atoms with van der Waals surface area (Å²) in [5, 5.41) is 12.3. The number of nitrogens with zero attached hydrogens (tertiary/aromatic N) is 3. The Morgan fingerprint density at radius 1 is 1.29 bits per heavy atom. The molecule has 2 N–H and O–H groups in total. The van der Waals surface area contributed by atoms with Gasteiger partial charge in [-0.05, 0) is 32.5 Å². The molecule has 1 saturated heterocycles. The van der Waals surface area contributed by atoms with E-state index in [0.29, 0.717) is 19.2 Å². The van der Waals surface area contributed by atoms with E-state index in [1.165, 1.54) is 6.92 Å². The van der Waals surface area contributed by atoms with Crippen LogP contribution in [0.15, 0.2) is 29.2 Å². The van der Waals surface area contributed by atoms with Gasteiger partial charge in [0.2, 0.25) is 5.43 Å². The summed E-state index contributed by atoms with van der Waals surface area (Å²) in [7, 11) is 1.80. The summed E-state index contributed by atoms with van der Waals surface area (Å²) in [6, 6.07) is 2.86. The maximum Gasteiger partial charge on any atom is 0.341 e. The first-order chi connectivity index (χ1) is 14.7. The van der Waals surface area contributed by atoms with Crippen LogP contribution >= 0.6 is 0 Å². The number of likely N-dealkylation sites (N-methyl/N-ethyl adjacent to an activating group) is 1. The second-order valence-electron chi connectivity index (χ2n) is 7.44. The van der Waals surface area contributed by atoms with E-state index in [0.717, 1.165) is 29.3 Å². The molecule has 4 rings (SSSR count). The van der Waals surface area contributed by atoms with Crippen LogP contribution in [-0.2, 0) is 0 Å². The number of pyridine rings is 2. The van der Waals surface area contributed by atoms with Gasteiger partial charge in [-0.3, -0.25) is 9.36 Å². The Balaban J connectivity index is 2.07. The van der Waals surface area contributed by atoms with E-state index in [4.69, 9.17) is 0 Å². The van der Waals surface area contributed by atoms with Crippen LogP contribution in [-0.4, -0.2) is 46.8 Å². The van der Waals surface area contributed by atoms with E-state index in [1.807, 2.05) is 0 Å². The van der Waals surface area contributed by atoms with Gasteiger partial charge in [-0.25, -0.2) is 22.9 Å². The van der Waals surface area contributed by atoms with Crippen molar-refractivity contribution in [3.8, 4) is 5.69 Å². The van der Waals surface area contributed by atoms with E-state index in [9.17, 15) is 23.5 Å². The molecule has 2 aromatic heterocycles. The highest BCUT2D eigenvalue weighted by Crippen LogP contribution is 2.30. The summed E-state index contributed by atoms with van der Waals surface area (Å²) in [4.78, 5) is 30.5. The summed E-state index contributed by atoms with van der Waals surface area (Å²) in [5.41, 5.74) is -2.01. The number of benzene rings is 1. The van der Waals surface area contributed by atoms with Crippen LogP contribution in [0.3, 0.4) is 0 Å². The van der Waals surface area contributed by atoms with Crippen molar-refractivity contribution in [1.82, 2.24) is 14.9 Å². The monoisotopic (exact) mass is 432 g/mol. The van der Waals surface area contributed by atoms with E-state index in [2.05, 4.69) is 10.3 Å². The Bertz CT molecular complexity index is 1280. The minimum absolute atomic E-state index is 0.0125. The summed E-state index contributed by atoms with van der Waals surface area (Å²) in [6.45, 7) is 2.35. The molecule has 0 amide bonds. The second-order valence-corrected chi connectivity index (χ2v) is 7.44. The number of hydrogen-bond acceptors (Lipinski definition) is 5. The van der Waals surface area contributed by atoms with E-state index < -0.39 is 34.4 Å². The molecule has 3 heterocycles. The number of aryl methyl sites for hydroxylation is 1. The van der Waals surface area contributed by atoms with Crippen molar-refractivity contribution >= 4 is 22.8 Å². The average Bonchev–Trinajstić information content (AvgIpc) is 3.20. The van der Waals surface area contributed by atoms with E-state index in [-0.39, 0.29) is 34.1 Å². The Hall–Kier alpha value is -3.40. The SMILES string of the molecule is CNC1CCN(c2nc3c(c(C)c2F)c(=O)c(C(=O)O)cn3-c2ccc(F)cc2F)C1. The lowest BCUT2D eigenvalue weighted by Crippen LogP contribution is -2.31. The Kier molecular flexibility index (Phi) is 5.18. The Morgan fingerprint density at radius 2 is 2.03 bits per heavy atom. The number of rotatable bonds is 4. The zero-order valence-corrected chi connectivity index (χ0v) is 16.7. The average molecular weight is 432 g/mol. The number of carboxylic acid groups (broad SMARTS) is 1. The fourth-order valence-electron chi connectivity index (χ4n) is 3.89. The lowest BCUT2D eigenvalue weighted by atomic mass is 10.1. The lowest BCUT2D eigenvalue weighted by molar-refractivity contribution is 0.0695. The van der Waals surface area contributed by atoms with Gasteiger partial charge in [-0.2, -0.15) is 0 Å². The number of carbonyl (C=O) groups is 1. The number of anilines is 1. The molecule has 1 aromatic carbocycles. The molecule has 0 aliphatic carbocycles. The fraction of sp³-hybridized carbons (Fsp3) is 0.286. The van der Waals surface area contributed by atoms with Crippen molar-refractivity contribution in [1.29, 1.82) is 0 Å². The predicted octanol–water partition coefficient (Wildman–Crippen LogP) is 2.61. The molecule has 1 atom stereocenters. The second kappa shape index (κ2) is 7.69. The van der Waals surface area contributed by atoms with Crippen LogP contribution in [0.4, 0.5) is 19.0 Å². The van der Waals surface area contributed by atoms with Crippen LogP contribution in [0.25, 0.3) is 16.7 Å². The lowest BCUT2D eigenvalue weighted by Gasteiger charge is -2.21. The minimum Gasteiger partial charge on any atom is -0.477 e. The van der Waals surface area contributed by atoms with Crippen LogP contribution in [0, 0.1) is 24.4 Å². The van der Waals surface area contributed by atoms with Gasteiger partial charge in [0.05, 0.1) is 11.1 Å². The standard InChI is InChI=1S/C21H19F3N4O3/c1-10-16-18(29)13(21(30)31)9-28(15-4-3-11(22)7-14(15)23)19(16)26-20(17(10)24)27-6-5-12(8-27)25-2/h3-4,7,9,12,25H,5-6,8H2,1-2H3,(H,30,31). The molecule has 0 spiro atoms. The molecule has 10 heteroatoms. The smallest absolute Gasteiger partial charge is 0.341 e. The molecule has 0 bridgehead atoms. The van der Waals surface area contributed by atoms with Crippen molar-refractivity contribution < 1.29 is 23.1 Å². The highest BCUT2D eigenvalue weighted by molar-refractivity contribution is 5.93. The van der Waals surface area contributed by atoms with E-state index in [1.54, 1.807) is 11.9 Å². The molecule has 0 saturated carbocycles. The molecular weight excluding hydrogens is 413 g/mol. The predicted molar refractivity (Wildman–Crippen MR) is 109 cm³/mol. The first-order valence-electron chi connectivity index (χ1n) is 9.59. The third-order valence-corrected chi connectivity index (χ3v) is 5.59. The summed E-state index contributed by atoms with van der Waals surface area (Å²) in [5.74, 6) is -4.11. The molecule has 31 heavy (non-hydrogen) atoms. The van der Waals surface area contributed by atoms with Crippen molar-refractivity contribution in [2.45, 2.75) is 19.4 Å². The molecule has 7 nitrogen and oxygen atoms in total. The van der Waals surface area contributed by atoms with Gasteiger partial charge < -0.3 is 15.3 Å². The molecule has 1 fully saturated rings. The zero-order valence-electron chi connectivity index (χ0n) is 16.7. The largest absolute Gasteiger partial charge is 0.477 e. The first kappa shape index (κ1) is 20.9. The quantitative estimate of drug-likeness (QED) is 0.659. The van der Waals surface area contributed by atoms with Crippen molar-refractivity contribution in [3.63, 3.8) is 0 Å². The number of fused-ring (bicyclic) bond motifs is 1. The number of halogens is 3. The summed E-state index contributed by atoms with van der Waals surface area (Å²) in [6.07, 6.45) is 1.68. The van der Waals surface area contributed by atoms with Crippen LogP contribution in [0.5, 0.6) is 0 Å². The topological polar surface area (TPSA) is 87.5 Å². The molecule has 1 aliphatic rings. The minimum atomic E-state index is -1.55. The van der Waals surface area contributed by atoms with E-state index >= 15 is 4.39 Å². The molecule has 162 valence electrons. The number of aromatic nitrogens is 2. The number of carboxylic acids is 1. The third-order valence-electron chi connectivity index (χ3n) is 5.59. The molecular formula is C21H19F3N4O3. The van der Waals surface area contributed by atoms with Crippen molar-refractivity contribution in [2.75, 3.05) is 25.0 Å². The van der Waals surface area contributed by atoms with Gasteiger partial charge >= 0.3 is 5.97 Å². The Morgan fingerprint density at radius 3 is 2.65 bits per heavy atom. The summed E-state index contributed by atoms with van der Waals surface area (Å²) < 4.78 is 44.3. The zero-order chi connectivity index (χ0) is 22.4. The van der Waals surface area contributed by atoms with Crippen LogP contribution in [0.1, 0.15) is 22.3 Å². The van der Waals surface area contributed by atoms with Crippen LogP contribution < -0.4 is 15.6 Å². The van der Waals surface area contributed by atoms with Gasteiger partial charge in [0.25, 0.3) is 0 Å². The fourth-order valence-corrected chi connectivity index (χ4v) is 3.89. The van der Waals surface area contributed by atoms with Crippen molar-refractivity contribution in [2.24, 2.45) is 0 Å². The van der Waals surface area contributed by atoms with Gasteiger partial charge in [0.15, 0.2) is 17.3 Å². The van der Waals surface area contributed by atoms with Gasteiger partial charge in [0.1, 0.15) is 17.2 Å². The van der Waals surface area contributed by atoms with Gasteiger partial charge in [-0.15, -0.1) is 0 Å². The van der Waals surface area contributed by atoms with Crippen LogP contribution in [0.2, 0.25) is 0 Å². The number of aromatic carboxylic acids is 1. The van der Waals surface area contributed by atoms with Gasteiger partial charge in [-0.1, -0.05) is 0 Å². The molecule has 1 aliphatic heterocycles. The third kappa shape index (κ3) is 3.42. The molecule has 0 radical (unpaired) electrons. The van der Waals surface area contributed by atoms with Gasteiger partial charge in [0, 0.05) is 37.0 Å². The molecule has 3 aromatic rings. The maximum absolute atomic E-state index is 15.2. The Labute approximate surface area is 174 Å². The first-order valence-corrected chi connectivity index (χ1v) is 9.59. The molecule has 1 unspecified atom stereocenters. The maximum atomic E-state index is 15.2. The van der Waals surface area contributed by atoms with Crippen molar-refractivity contribution in [3.05, 3.63) is 63.2 Å². The highest BCUT2D eigenvalue weighted by atomic mass is 19.1. The summed E-state index contributed by atoms with van der Waals surface area (Å²) >= 11 is 0. The normalized spacial score (nSPS) is 16.3. The number of nitrogens with one attached hydrogen (secondary N) is 1.